The van der Waals surface area contributed by atoms with E-state index in [1.165, 1.54) is 11.8 Å². The minimum atomic E-state index is -0.325. The van der Waals surface area contributed by atoms with Gasteiger partial charge < -0.3 is 4.74 Å². The van der Waals surface area contributed by atoms with E-state index >= 15 is 0 Å². The van der Waals surface area contributed by atoms with E-state index in [9.17, 15) is 4.79 Å². The molecular weight excluding hydrogens is 360 g/mol. The first-order valence-electron chi connectivity index (χ1n) is 8.80. The van der Waals surface area contributed by atoms with Gasteiger partial charge in [0, 0.05) is 5.56 Å². The third kappa shape index (κ3) is 4.19. The number of aromatic nitrogens is 4. The fourth-order valence-electron chi connectivity index (χ4n) is 2.75. The molecule has 2 aromatic carbocycles. The lowest BCUT2D eigenvalue weighted by Crippen LogP contribution is -2.16. The number of aryl methyl sites for hydroxylation is 2. The van der Waals surface area contributed by atoms with Crippen LogP contribution >= 0.6 is 11.8 Å². The van der Waals surface area contributed by atoms with Gasteiger partial charge >= 0.3 is 0 Å². The predicted molar refractivity (Wildman–Crippen MR) is 106 cm³/mol. The molecule has 3 rings (SSSR count). The molecule has 7 heteroatoms. The van der Waals surface area contributed by atoms with E-state index in [1.54, 1.807) is 4.68 Å². The zero-order chi connectivity index (χ0) is 19.4. The molecule has 0 aliphatic carbocycles. The molecule has 1 heterocycles. The highest BCUT2D eigenvalue weighted by molar-refractivity contribution is 8.00. The van der Waals surface area contributed by atoms with Gasteiger partial charge in [-0.05, 0) is 61.9 Å². The second-order valence-corrected chi connectivity index (χ2v) is 7.52. The van der Waals surface area contributed by atoms with E-state index in [2.05, 4.69) is 15.5 Å². The number of hydrogen-bond donors (Lipinski definition) is 0. The maximum Gasteiger partial charge on any atom is 0.214 e. The standard InChI is InChI=1S/C20H22N4O2S/c1-5-26-18-9-7-6-8-17(18)24-20(21-22-23-24)27-15(4)19(25)16-12-13(2)10-11-14(16)3/h6-12,15H,5H2,1-4H3. The Balaban J connectivity index is 1.87. The molecule has 0 aliphatic heterocycles. The summed E-state index contributed by atoms with van der Waals surface area (Å²) in [5.74, 6) is 0.761. The zero-order valence-electron chi connectivity index (χ0n) is 15.8. The van der Waals surface area contributed by atoms with Crippen LogP contribution in [0, 0.1) is 13.8 Å². The van der Waals surface area contributed by atoms with Crippen molar-refractivity contribution in [2.24, 2.45) is 0 Å². The summed E-state index contributed by atoms with van der Waals surface area (Å²) in [5, 5.41) is 12.2. The van der Waals surface area contributed by atoms with Crippen molar-refractivity contribution in [2.75, 3.05) is 6.61 Å². The van der Waals surface area contributed by atoms with Gasteiger partial charge in [0.25, 0.3) is 0 Å². The highest BCUT2D eigenvalue weighted by atomic mass is 32.2. The Labute approximate surface area is 162 Å². The number of Topliss-reactive ketones (excluding diaryl/α,β-unsaturated/α-hetero) is 1. The molecule has 0 N–H and O–H groups in total. The van der Waals surface area contributed by atoms with Crippen molar-refractivity contribution in [1.82, 2.24) is 20.2 Å². The lowest BCUT2D eigenvalue weighted by Gasteiger charge is -2.14. The SMILES string of the molecule is CCOc1ccccc1-n1nnnc1SC(C)C(=O)c1cc(C)ccc1C. The maximum absolute atomic E-state index is 12.9. The van der Waals surface area contributed by atoms with E-state index in [1.807, 2.05) is 70.2 Å². The maximum atomic E-state index is 12.9. The first kappa shape index (κ1) is 19.1. The molecule has 0 radical (unpaired) electrons. The smallest absolute Gasteiger partial charge is 0.214 e. The summed E-state index contributed by atoms with van der Waals surface area (Å²) in [4.78, 5) is 12.9. The Bertz CT molecular complexity index is 955. The first-order chi connectivity index (χ1) is 13.0. The van der Waals surface area contributed by atoms with Crippen LogP contribution in [0.15, 0.2) is 47.6 Å². The third-order valence-electron chi connectivity index (χ3n) is 4.14. The Morgan fingerprint density at radius 3 is 2.78 bits per heavy atom. The van der Waals surface area contributed by atoms with Gasteiger partial charge in [0.1, 0.15) is 11.4 Å². The van der Waals surface area contributed by atoms with E-state index < -0.39 is 0 Å². The number of nitrogens with zero attached hydrogens (tertiary/aromatic N) is 4. The highest BCUT2D eigenvalue weighted by Crippen LogP contribution is 2.29. The van der Waals surface area contributed by atoms with Crippen LogP contribution in [0.1, 0.15) is 35.3 Å². The second-order valence-electron chi connectivity index (χ2n) is 6.22. The predicted octanol–water partition coefficient (Wildman–Crippen LogP) is 4.04. The van der Waals surface area contributed by atoms with Crippen molar-refractivity contribution >= 4 is 17.5 Å². The van der Waals surface area contributed by atoms with E-state index in [-0.39, 0.29) is 11.0 Å². The van der Waals surface area contributed by atoms with E-state index in [0.29, 0.717) is 17.5 Å². The molecule has 0 spiro atoms. The molecule has 140 valence electrons. The van der Waals surface area contributed by atoms with Crippen molar-refractivity contribution < 1.29 is 9.53 Å². The number of thioether (sulfide) groups is 1. The normalized spacial score (nSPS) is 12.0. The minimum Gasteiger partial charge on any atom is -0.492 e. The molecule has 0 amide bonds. The van der Waals surface area contributed by atoms with Crippen LogP contribution < -0.4 is 4.74 Å². The zero-order valence-corrected chi connectivity index (χ0v) is 16.7. The second kappa shape index (κ2) is 8.35. The molecule has 27 heavy (non-hydrogen) atoms. The molecule has 6 nitrogen and oxygen atoms in total. The number of tetrazole rings is 1. The van der Waals surface area contributed by atoms with Gasteiger partial charge in [0.15, 0.2) is 5.78 Å². The number of ether oxygens (including phenoxy) is 1. The molecule has 1 aromatic heterocycles. The Morgan fingerprint density at radius 1 is 1.22 bits per heavy atom. The number of ketones is 1. The summed E-state index contributed by atoms with van der Waals surface area (Å²) < 4.78 is 7.29. The van der Waals surface area contributed by atoms with Gasteiger partial charge in [-0.2, -0.15) is 4.68 Å². The van der Waals surface area contributed by atoms with Crippen LogP contribution in [0.4, 0.5) is 0 Å². The Morgan fingerprint density at radius 2 is 2.00 bits per heavy atom. The van der Waals surface area contributed by atoms with Crippen LogP contribution in [0.2, 0.25) is 0 Å². The summed E-state index contributed by atoms with van der Waals surface area (Å²) in [5.41, 5.74) is 3.53. The van der Waals surface area contributed by atoms with Gasteiger partial charge in [-0.3, -0.25) is 4.79 Å². The van der Waals surface area contributed by atoms with Gasteiger partial charge in [-0.15, -0.1) is 5.10 Å². The number of rotatable bonds is 7. The average molecular weight is 382 g/mol. The van der Waals surface area contributed by atoms with Crippen LogP contribution in [-0.4, -0.2) is 37.8 Å². The van der Waals surface area contributed by atoms with Crippen molar-refractivity contribution in [3.8, 4) is 11.4 Å². The minimum absolute atomic E-state index is 0.0637. The molecule has 0 fully saturated rings. The summed E-state index contributed by atoms with van der Waals surface area (Å²) in [6.45, 7) is 8.29. The number of para-hydroxylation sites is 2. The largest absolute Gasteiger partial charge is 0.492 e. The fourth-order valence-corrected chi connectivity index (χ4v) is 3.61. The molecule has 3 aromatic rings. The highest BCUT2D eigenvalue weighted by Gasteiger charge is 2.22. The monoisotopic (exact) mass is 382 g/mol. The van der Waals surface area contributed by atoms with E-state index in [4.69, 9.17) is 4.74 Å². The topological polar surface area (TPSA) is 69.9 Å². The molecule has 0 saturated heterocycles. The van der Waals surface area contributed by atoms with E-state index in [0.717, 1.165) is 22.4 Å². The van der Waals surface area contributed by atoms with Gasteiger partial charge in [-0.1, -0.05) is 41.6 Å². The van der Waals surface area contributed by atoms with Gasteiger partial charge in [0.05, 0.1) is 11.9 Å². The van der Waals surface area contributed by atoms with Crippen molar-refractivity contribution in [2.45, 2.75) is 38.1 Å². The molecule has 0 saturated carbocycles. The van der Waals surface area contributed by atoms with Crippen LogP contribution in [0.5, 0.6) is 5.75 Å². The Kier molecular flexibility index (Phi) is 5.91. The van der Waals surface area contributed by atoms with Gasteiger partial charge in [0.2, 0.25) is 5.16 Å². The molecular formula is C20H22N4O2S. The summed E-state index contributed by atoms with van der Waals surface area (Å²) in [6, 6.07) is 13.5. The summed E-state index contributed by atoms with van der Waals surface area (Å²) in [6.07, 6.45) is 0. The molecule has 0 bridgehead atoms. The molecule has 0 aliphatic rings. The Hall–Kier alpha value is -2.67. The number of carbonyl (C=O) groups is 1. The lowest BCUT2D eigenvalue weighted by atomic mass is 10.0. The third-order valence-corrected chi connectivity index (χ3v) is 5.18. The van der Waals surface area contributed by atoms with Crippen molar-refractivity contribution in [3.63, 3.8) is 0 Å². The molecule has 1 atom stereocenters. The number of benzene rings is 2. The number of carbonyl (C=O) groups excluding carboxylic acids is 1. The summed E-state index contributed by atoms with van der Waals surface area (Å²) in [7, 11) is 0. The van der Waals surface area contributed by atoms with Crippen LogP contribution in [0.3, 0.4) is 0 Å². The lowest BCUT2D eigenvalue weighted by molar-refractivity contribution is 0.0993. The first-order valence-corrected chi connectivity index (χ1v) is 9.68. The fraction of sp³-hybridized carbons (Fsp3) is 0.300. The molecule has 1 unspecified atom stereocenters. The van der Waals surface area contributed by atoms with Gasteiger partial charge in [-0.25, -0.2) is 0 Å². The number of hydrogen-bond acceptors (Lipinski definition) is 6. The van der Waals surface area contributed by atoms with Crippen molar-refractivity contribution in [1.29, 1.82) is 0 Å². The van der Waals surface area contributed by atoms with Crippen molar-refractivity contribution in [3.05, 3.63) is 59.2 Å². The summed E-state index contributed by atoms with van der Waals surface area (Å²) >= 11 is 1.34. The van der Waals surface area contributed by atoms with Crippen LogP contribution in [-0.2, 0) is 0 Å². The quantitative estimate of drug-likeness (QED) is 0.454. The average Bonchev–Trinajstić information content (AvgIpc) is 3.11. The van der Waals surface area contributed by atoms with Crippen LogP contribution in [0.25, 0.3) is 5.69 Å².